The molecule has 2 aliphatic heterocycles. The van der Waals surface area contributed by atoms with Crippen LogP contribution in [0.4, 0.5) is 0 Å². The van der Waals surface area contributed by atoms with E-state index in [0.29, 0.717) is 36.8 Å². The number of methoxy groups -OCH3 is 1. The Kier molecular flexibility index (Phi) is 10.8. The van der Waals surface area contributed by atoms with Crippen LogP contribution in [0, 0.1) is 17.3 Å². The van der Waals surface area contributed by atoms with Crippen molar-refractivity contribution in [2.75, 3.05) is 13.7 Å². The van der Waals surface area contributed by atoms with E-state index >= 15 is 0 Å². The first-order chi connectivity index (χ1) is 23.2. The van der Waals surface area contributed by atoms with Crippen LogP contribution in [0.2, 0.25) is 0 Å². The number of hydrogen-bond donors (Lipinski definition) is 0. The number of fused-ring (bicyclic) bond motifs is 3. The molecule has 1 saturated carbocycles. The monoisotopic (exact) mass is 690 g/mol. The molecule has 0 radical (unpaired) electrons. The average molecular weight is 691 g/mol. The highest BCUT2D eigenvalue weighted by Crippen LogP contribution is 2.60. The molecule has 0 bridgehead atoms. The standard InChI is InChI=1S/C34H42O15/c1-16(35)43-15-26-28(44-17(2)36)29(45-18(3)37)30(46-19(4)38)33(49-26)48-24-12-23-32(40)47-25(20-10-11-42-14-20)13-34(23,5)22-9-7-8-21(27(22)24)31(39)41-6/h10-11,14,22-26,28-30,33H,7-9,12-13,15H2,1-6H3/t22-,23+,24+,25+,26-,28-,29+,30-,33-,34+/m1/s1. The van der Waals surface area contributed by atoms with Gasteiger partial charge in [-0.1, -0.05) is 6.92 Å². The molecule has 15 nitrogen and oxygen atoms in total. The van der Waals surface area contributed by atoms with Crippen LogP contribution in [0.5, 0.6) is 0 Å². The minimum atomic E-state index is -1.51. The highest BCUT2D eigenvalue weighted by Gasteiger charge is 2.60. The topological polar surface area (TPSA) is 189 Å². The van der Waals surface area contributed by atoms with Crippen molar-refractivity contribution in [3.63, 3.8) is 0 Å². The van der Waals surface area contributed by atoms with E-state index in [0.717, 1.165) is 26.3 Å². The molecule has 268 valence electrons. The molecule has 3 heterocycles. The van der Waals surface area contributed by atoms with Crippen molar-refractivity contribution < 1.29 is 71.1 Å². The van der Waals surface area contributed by atoms with Crippen molar-refractivity contribution >= 4 is 35.8 Å². The SMILES string of the molecule is COC(=O)C1=C2[C@@H](O[C@@H]3O[C@H](COC(C)=O)[C@@H](OC(C)=O)[C@H](OC(C)=O)[C@H]3OC(C)=O)C[C@H]3C(=O)O[C@H](c4ccoc4)C[C@@]3(C)[C@@H]2CCC1. The fraction of sp³-hybridized carbons (Fsp3) is 0.647. The van der Waals surface area contributed by atoms with Crippen LogP contribution >= 0.6 is 0 Å². The van der Waals surface area contributed by atoms with E-state index in [1.54, 1.807) is 6.07 Å². The molecule has 5 rings (SSSR count). The Morgan fingerprint density at radius 1 is 0.918 bits per heavy atom. The number of carbonyl (C=O) groups excluding carboxylic acids is 6. The van der Waals surface area contributed by atoms with Crippen LogP contribution in [0.15, 0.2) is 34.2 Å². The van der Waals surface area contributed by atoms with Gasteiger partial charge in [0.2, 0.25) is 0 Å². The lowest BCUT2D eigenvalue weighted by atomic mass is 9.52. The molecule has 15 heteroatoms. The largest absolute Gasteiger partial charge is 0.472 e. The predicted molar refractivity (Wildman–Crippen MR) is 162 cm³/mol. The van der Waals surface area contributed by atoms with Gasteiger partial charge in [-0.3, -0.25) is 24.0 Å². The summed E-state index contributed by atoms with van der Waals surface area (Å²) in [5, 5.41) is 0. The molecule has 1 aromatic heterocycles. The molecule has 4 aliphatic rings. The molecule has 2 saturated heterocycles. The lowest BCUT2D eigenvalue weighted by Gasteiger charge is -2.56. The Morgan fingerprint density at radius 2 is 1.59 bits per heavy atom. The van der Waals surface area contributed by atoms with Crippen molar-refractivity contribution in [1.82, 2.24) is 0 Å². The zero-order valence-electron chi connectivity index (χ0n) is 28.3. The van der Waals surface area contributed by atoms with Crippen molar-refractivity contribution in [3.8, 4) is 0 Å². The second-order valence-corrected chi connectivity index (χ2v) is 13.0. The van der Waals surface area contributed by atoms with E-state index in [2.05, 4.69) is 0 Å². The smallest absolute Gasteiger partial charge is 0.333 e. The fourth-order valence-corrected chi connectivity index (χ4v) is 7.84. The third-order valence-corrected chi connectivity index (χ3v) is 9.79. The summed E-state index contributed by atoms with van der Waals surface area (Å²) in [6.07, 6.45) is -3.34. The first kappa shape index (κ1) is 36.1. The Bertz CT molecular complexity index is 1480. The number of ether oxygens (including phenoxy) is 8. The Balaban J connectivity index is 1.57. The fourth-order valence-electron chi connectivity index (χ4n) is 7.84. The van der Waals surface area contributed by atoms with Crippen LogP contribution < -0.4 is 0 Å². The van der Waals surface area contributed by atoms with E-state index in [1.165, 1.54) is 26.6 Å². The Labute approximate surface area is 282 Å². The van der Waals surface area contributed by atoms with Gasteiger partial charge in [-0.15, -0.1) is 0 Å². The van der Waals surface area contributed by atoms with Gasteiger partial charge in [-0.2, -0.15) is 0 Å². The first-order valence-electron chi connectivity index (χ1n) is 16.2. The van der Waals surface area contributed by atoms with Gasteiger partial charge < -0.3 is 42.3 Å². The summed E-state index contributed by atoms with van der Waals surface area (Å²) in [6, 6.07) is 1.75. The summed E-state index contributed by atoms with van der Waals surface area (Å²) in [5.74, 6) is -5.00. The normalized spacial score (nSPS) is 34.0. The third kappa shape index (κ3) is 7.52. The Hall–Kier alpha value is -4.24. The summed E-state index contributed by atoms with van der Waals surface area (Å²) in [4.78, 5) is 75.8. The zero-order valence-corrected chi connectivity index (χ0v) is 28.3. The number of cyclic esters (lactones) is 1. The molecule has 1 aromatic rings. The summed E-state index contributed by atoms with van der Waals surface area (Å²) in [5.41, 5.74) is 1.10. The summed E-state index contributed by atoms with van der Waals surface area (Å²) in [7, 11) is 1.29. The van der Waals surface area contributed by atoms with Crippen molar-refractivity contribution in [2.24, 2.45) is 17.3 Å². The maximum Gasteiger partial charge on any atom is 0.333 e. The third-order valence-electron chi connectivity index (χ3n) is 9.79. The molecule has 3 fully saturated rings. The molecule has 0 aromatic carbocycles. The molecular weight excluding hydrogens is 648 g/mol. The zero-order chi connectivity index (χ0) is 35.6. The number of rotatable bonds is 9. The molecule has 0 N–H and O–H groups in total. The molecule has 2 aliphatic carbocycles. The summed E-state index contributed by atoms with van der Waals surface area (Å²) < 4.78 is 51.1. The quantitative estimate of drug-likeness (QED) is 0.271. The lowest BCUT2D eigenvalue weighted by molar-refractivity contribution is -0.318. The van der Waals surface area contributed by atoms with Crippen LogP contribution in [0.3, 0.4) is 0 Å². The van der Waals surface area contributed by atoms with Gasteiger partial charge in [0.25, 0.3) is 0 Å². The van der Waals surface area contributed by atoms with Gasteiger partial charge in [-0.25, -0.2) is 4.79 Å². The van der Waals surface area contributed by atoms with E-state index in [4.69, 9.17) is 42.3 Å². The highest BCUT2D eigenvalue weighted by atomic mass is 16.7. The Morgan fingerprint density at radius 3 is 2.20 bits per heavy atom. The summed E-state index contributed by atoms with van der Waals surface area (Å²) in [6.45, 7) is 6.12. The first-order valence-corrected chi connectivity index (χ1v) is 16.2. The maximum absolute atomic E-state index is 13.8. The lowest BCUT2D eigenvalue weighted by Crippen LogP contribution is -2.64. The van der Waals surface area contributed by atoms with Gasteiger partial charge in [0, 0.05) is 38.8 Å². The van der Waals surface area contributed by atoms with Gasteiger partial charge in [0.15, 0.2) is 24.6 Å². The second kappa shape index (κ2) is 14.7. The summed E-state index contributed by atoms with van der Waals surface area (Å²) >= 11 is 0. The molecule has 0 unspecified atom stereocenters. The number of hydrogen-bond acceptors (Lipinski definition) is 15. The minimum absolute atomic E-state index is 0.0621. The van der Waals surface area contributed by atoms with Crippen LogP contribution in [-0.4, -0.2) is 86.3 Å². The molecule has 10 atom stereocenters. The van der Waals surface area contributed by atoms with Crippen molar-refractivity contribution in [2.45, 2.75) is 110 Å². The predicted octanol–water partition coefficient (Wildman–Crippen LogP) is 3.03. The van der Waals surface area contributed by atoms with Crippen molar-refractivity contribution in [3.05, 3.63) is 35.3 Å². The van der Waals surface area contributed by atoms with Crippen LogP contribution in [0.1, 0.15) is 78.4 Å². The highest BCUT2D eigenvalue weighted by molar-refractivity contribution is 5.90. The van der Waals surface area contributed by atoms with Gasteiger partial charge in [0.05, 0.1) is 31.7 Å². The van der Waals surface area contributed by atoms with E-state index < -0.39 is 96.7 Å². The van der Waals surface area contributed by atoms with Crippen LogP contribution in [-0.2, 0) is 66.7 Å². The number of esters is 6. The van der Waals surface area contributed by atoms with E-state index in [1.807, 2.05) is 6.92 Å². The van der Waals surface area contributed by atoms with E-state index in [9.17, 15) is 28.8 Å². The number of carbonyl (C=O) groups is 6. The second-order valence-electron chi connectivity index (χ2n) is 13.0. The molecule has 0 amide bonds. The van der Waals surface area contributed by atoms with Gasteiger partial charge in [0.1, 0.15) is 18.8 Å². The van der Waals surface area contributed by atoms with E-state index in [-0.39, 0.29) is 12.3 Å². The maximum atomic E-state index is 13.8. The molecule has 0 spiro atoms. The molecule has 49 heavy (non-hydrogen) atoms. The number of furan rings is 1. The average Bonchev–Trinajstić information content (AvgIpc) is 3.58. The van der Waals surface area contributed by atoms with Gasteiger partial charge in [-0.05, 0) is 55.1 Å². The van der Waals surface area contributed by atoms with Crippen molar-refractivity contribution in [1.29, 1.82) is 0 Å². The van der Waals surface area contributed by atoms with Gasteiger partial charge >= 0.3 is 35.8 Å². The molecular formula is C34H42O15. The van der Waals surface area contributed by atoms with Crippen LogP contribution in [0.25, 0.3) is 0 Å². The minimum Gasteiger partial charge on any atom is -0.472 e.